The molecule has 0 radical (unpaired) electrons. The monoisotopic (exact) mass is 510 g/mol. The number of halogens is 1. The Bertz CT molecular complexity index is 1120. The first-order valence-electron chi connectivity index (χ1n) is 12.4. The molecule has 1 aliphatic heterocycles. The first-order chi connectivity index (χ1) is 16.0. The summed E-state index contributed by atoms with van der Waals surface area (Å²) in [5, 5.41) is 3.79. The second kappa shape index (κ2) is 9.72. The van der Waals surface area contributed by atoms with E-state index in [1.807, 2.05) is 0 Å². The van der Waals surface area contributed by atoms with E-state index in [9.17, 15) is 0 Å². The fourth-order valence-corrected chi connectivity index (χ4v) is 5.58. The molecule has 1 fully saturated rings. The van der Waals surface area contributed by atoms with Gasteiger partial charge in [-0.3, -0.25) is 4.57 Å². The van der Waals surface area contributed by atoms with Crippen LogP contribution < -0.4 is 11.1 Å². The number of piperidine rings is 1. The number of aromatic nitrogens is 3. The van der Waals surface area contributed by atoms with Crippen molar-refractivity contribution in [1.82, 2.24) is 19.4 Å². The number of pyridine rings is 1. The van der Waals surface area contributed by atoms with Crippen LogP contribution in [0, 0.1) is 5.92 Å². The minimum absolute atomic E-state index is 0.243. The Kier molecular flexibility index (Phi) is 6.72. The number of likely N-dealkylation sites (tertiary alicyclic amines) is 1. The summed E-state index contributed by atoms with van der Waals surface area (Å²) in [4.78, 5) is 12.4. The number of nitrogens with two attached hydrogens (primary N) is 1. The number of imidazole rings is 1. The lowest BCUT2D eigenvalue weighted by Crippen LogP contribution is -2.46. The van der Waals surface area contributed by atoms with Gasteiger partial charge in [0.25, 0.3) is 0 Å². The van der Waals surface area contributed by atoms with Crippen LogP contribution >= 0.6 is 15.9 Å². The van der Waals surface area contributed by atoms with Gasteiger partial charge >= 0.3 is 0 Å². The Balaban J connectivity index is 1.41. The van der Waals surface area contributed by atoms with Gasteiger partial charge in [-0.15, -0.1) is 0 Å². The maximum Gasteiger partial charge on any atom is 0.208 e. The van der Waals surface area contributed by atoms with Crippen LogP contribution in [-0.4, -0.2) is 51.2 Å². The zero-order chi connectivity index (χ0) is 22.9. The smallest absolute Gasteiger partial charge is 0.208 e. The Morgan fingerprint density at radius 2 is 1.88 bits per heavy atom. The SMILES string of the molecule is CC(C)C(N)CN1CCC(Nc2nc3ccccc3n2-c2cc3c(nc2Br)CCCC3)CC1. The van der Waals surface area contributed by atoms with Crippen molar-refractivity contribution in [3.8, 4) is 5.69 Å². The molecule has 7 heteroatoms. The molecule has 0 amide bonds. The lowest BCUT2D eigenvalue weighted by atomic mass is 9.96. The normalized spacial score (nSPS) is 18.6. The predicted molar refractivity (Wildman–Crippen MR) is 139 cm³/mol. The summed E-state index contributed by atoms with van der Waals surface area (Å²) in [6.45, 7) is 7.54. The van der Waals surface area contributed by atoms with Gasteiger partial charge in [0, 0.05) is 37.4 Å². The van der Waals surface area contributed by atoms with E-state index in [4.69, 9.17) is 15.7 Å². The summed E-state index contributed by atoms with van der Waals surface area (Å²) in [5.74, 6) is 1.43. The van der Waals surface area contributed by atoms with Crippen LogP contribution in [0.3, 0.4) is 0 Å². The van der Waals surface area contributed by atoms with Gasteiger partial charge in [-0.25, -0.2) is 9.97 Å². The van der Waals surface area contributed by atoms with Gasteiger partial charge in [-0.2, -0.15) is 0 Å². The highest BCUT2D eigenvalue weighted by molar-refractivity contribution is 9.10. The molecule has 2 aliphatic rings. The lowest BCUT2D eigenvalue weighted by molar-refractivity contribution is 0.194. The minimum Gasteiger partial charge on any atom is -0.352 e. The van der Waals surface area contributed by atoms with E-state index in [1.165, 1.54) is 24.1 Å². The number of aryl methyl sites for hydroxylation is 2. The van der Waals surface area contributed by atoms with Crippen LogP contribution in [0.2, 0.25) is 0 Å². The first-order valence-corrected chi connectivity index (χ1v) is 13.2. The van der Waals surface area contributed by atoms with Gasteiger partial charge in [0.15, 0.2) is 0 Å². The number of para-hydroxylation sites is 2. The number of fused-ring (bicyclic) bond motifs is 2. The summed E-state index contributed by atoms with van der Waals surface area (Å²) in [5.41, 5.74) is 12.1. The maximum absolute atomic E-state index is 6.31. The fraction of sp³-hybridized carbons (Fsp3) is 0.538. The molecule has 1 unspecified atom stereocenters. The van der Waals surface area contributed by atoms with Crippen molar-refractivity contribution < 1.29 is 0 Å². The van der Waals surface area contributed by atoms with Crippen LogP contribution in [0.4, 0.5) is 5.95 Å². The fourth-order valence-electron chi connectivity index (χ4n) is 5.07. The number of benzene rings is 1. The van der Waals surface area contributed by atoms with E-state index in [0.29, 0.717) is 12.0 Å². The summed E-state index contributed by atoms with van der Waals surface area (Å²) in [6.07, 6.45) is 6.84. The number of hydrogen-bond acceptors (Lipinski definition) is 5. The summed E-state index contributed by atoms with van der Waals surface area (Å²) in [7, 11) is 0. The van der Waals surface area contributed by atoms with Gasteiger partial charge in [-0.1, -0.05) is 26.0 Å². The predicted octanol–water partition coefficient (Wildman–Crippen LogP) is 4.92. The summed E-state index contributed by atoms with van der Waals surface area (Å²) in [6, 6.07) is 11.3. The number of hydrogen-bond donors (Lipinski definition) is 2. The van der Waals surface area contributed by atoms with Gasteiger partial charge in [0.1, 0.15) is 4.60 Å². The summed E-state index contributed by atoms with van der Waals surface area (Å²) >= 11 is 3.78. The third kappa shape index (κ3) is 4.81. The van der Waals surface area contributed by atoms with Crippen molar-refractivity contribution in [2.45, 2.75) is 64.5 Å². The molecule has 3 N–H and O–H groups in total. The largest absolute Gasteiger partial charge is 0.352 e. The molecule has 33 heavy (non-hydrogen) atoms. The van der Waals surface area contributed by atoms with Crippen molar-refractivity contribution in [2.24, 2.45) is 11.7 Å². The highest BCUT2D eigenvalue weighted by atomic mass is 79.9. The molecular formula is C26H35BrN6. The quantitative estimate of drug-likeness (QED) is 0.460. The number of anilines is 1. The van der Waals surface area contributed by atoms with Crippen LogP contribution in [0.5, 0.6) is 0 Å². The van der Waals surface area contributed by atoms with Crippen molar-refractivity contribution >= 4 is 32.9 Å². The molecule has 1 aromatic carbocycles. The highest BCUT2D eigenvalue weighted by Gasteiger charge is 2.25. The van der Waals surface area contributed by atoms with Crippen LogP contribution in [0.1, 0.15) is 50.8 Å². The van der Waals surface area contributed by atoms with Gasteiger partial charge in [0.2, 0.25) is 5.95 Å². The first kappa shape index (κ1) is 22.8. The van der Waals surface area contributed by atoms with E-state index >= 15 is 0 Å². The zero-order valence-electron chi connectivity index (χ0n) is 19.7. The molecule has 1 saturated heterocycles. The Morgan fingerprint density at radius 1 is 1.12 bits per heavy atom. The van der Waals surface area contributed by atoms with E-state index in [-0.39, 0.29) is 6.04 Å². The average molecular weight is 512 g/mol. The van der Waals surface area contributed by atoms with Crippen LogP contribution in [0.25, 0.3) is 16.7 Å². The third-order valence-electron chi connectivity index (χ3n) is 7.28. The molecule has 3 aromatic rings. The maximum atomic E-state index is 6.31. The molecular weight excluding hydrogens is 476 g/mol. The molecule has 0 saturated carbocycles. The van der Waals surface area contributed by atoms with Crippen LogP contribution in [-0.2, 0) is 12.8 Å². The van der Waals surface area contributed by atoms with Crippen molar-refractivity contribution in [2.75, 3.05) is 25.0 Å². The minimum atomic E-state index is 0.243. The second-order valence-corrected chi connectivity index (χ2v) is 10.7. The van der Waals surface area contributed by atoms with E-state index in [2.05, 4.69) is 74.9 Å². The Labute approximate surface area is 205 Å². The molecule has 3 heterocycles. The molecule has 6 nitrogen and oxygen atoms in total. The Morgan fingerprint density at radius 3 is 2.67 bits per heavy atom. The number of rotatable bonds is 6. The number of nitrogens with zero attached hydrogens (tertiary/aromatic N) is 4. The molecule has 5 rings (SSSR count). The van der Waals surface area contributed by atoms with E-state index in [1.54, 1.807) is 0 Å². The van der Waals surface area contributed by atoms with Crippen molar-refractivity contribution in [1.29, 1.82) is 0 Å². The van der Waals surface area contributed by atoms with Gasteiger partial charge < -0.3 is 16.0 Å². The van der Waals surface area contributed by atoms with Crippen LogP contribution in [0.15, 0.2) is 34.9 Å². The molecule has 176 valence electrons. The molecule has 1 atom stereocenters. The highest BCUT2D eigenvalue weighted by Crippen LogP contribution is 2.33. The van der Waals surface area contributed by atoms with Gasteiger partial charge in [0.05, 0.1) is 16.7 Å². The van der Waals surface area contributed by atoms with E-state index < -0.39 is 0 Å². The average Bonchev–Trinajstić information content (AvgIpc) is 3.17. The Hall–Kier alpha value is -1.96. The standard InChI is InChI=1S/C26H35BrN6/c1-17(2)20(28)16-32-13-11-19(12-14-32)29-26-31-22-9-5-6-10-23(22)33(26)24-15-18-7-3-4-8-21(18)30-25(24)27/h5-6,9-10,15,17,19-20H,3-4,7-8,11-14,16,28H2,1-2H3,(H,29,31). The second-order valence-electron chi connectivity index (χ2n) is 10.00. The van der Waals surface area contributed by atoms with Crippen molar-refractivity contribution in [3.63, 3.8) is 0 Å². The third-order valence-corrected chi connectivity index (χ3v) is 7.87. The van der Waals surface area contributed by atoms with Crippen molar-refractivity contribution in [3.05, 3.63) is 46.2 Å². The van der Waals surface area contributed by atoms with Gasteiger partial charge in [-0.05, 0) is 84.1 Å². The molecule has 0 bridgehead atoms. The molecule has 1 aliphatic carbocycles. The summed E-state index contributed by atoms with van der Waals surface area (Å²) < 4.78 is 3.15. The topological polar surface area (TPSA) is 72.0 Å². The number of nitrogens with one attached hydrogen (secondary N) is 1. The van der Waals surface area contributed by atoms with E-state index in [0.717, 1.165) is 72.6 Å². The lowest BCUT2D eigenvalue weighted by Gasteiger charge is -2.34. The molecule has 2 aromatic heterocycles. The zero-order valence-corrected chi connectivity index (χ0v) is 21.3. The molecule has 0 spiro atoms.